The quantitative estimate of drug-likeness (QED) is 0.156. The summed E-state index contributed by atoms with van der Waals surface area (Å²) in [7, 11) is 0. The molecule has 0 spiro atoms. The highest BCUT2D eigenvalue weighted by molar-refractivity contribution is 6.13. The van der Waals surface area contributed by atoms with Crippen LogP contribution in [0.5, 0.6) is 0 Å². The van der Waals surface area contributed by atoms with Gasteiger partial charge in [-0.15, -0.1) is 0 Å². The molecule has 0 aliphatic carbocycles. The smallest absolute Gasteiger partial charge is 0.188 e. The molecule has 0 fully saturated rings. The van der Waals surface area contributed by atoms with Gasteiger partial charge in [0.1, 0.15) is 0 Å². The minimum Gasteiger partial charge on any atom is -0.309 e. The van der Waals surface area contributed by atoms with Crippen molar-refractivity contribution in [3.8, 4) is 57.1 Å². The van der Waals surface area contributed by atoms with Gasteiger partial charge in [0.05, 0.1) is 80.5 Å². The maximum absolute atomic E-state index is 10.1. The summed E-state index contributed by atoms with van der Waals surface area (Å²) in [4.78, 5) is 7.31. The Morgan fingerprint density at radius 3 is 0.857 bits per heavy atom. The average Bonchev–Trinajstić information content (AvgIpc) is 3.05. The van der Waals surface area contributed by atoms with Crippen LogP contribution in [0, 0.1) is 35.8 Å². The van der Waals surface area contributed by atoms with E-state index in [4.69, 9.17) is 13.1 Å². The molecule has 8 heteroatoms. The zero-order valence-corrected chi connectivity index (χ0v) is 45.0. The maximum Gasteiger partial charge on any atom is 0.188 e. The van der Waals surface area contributed by atoms with Crippen LogP contribution in [-0.4, -0.2) is 18.3 Å². The molecule has 84 heavy (non-hydrogen) atoms. The average molecular weight is 1070 g/mol. The lowest BCUT2D eigenvalue weighted by molar-refractivity contribution is 1.17. The number of aromatic nitrogens is 4. The van der Waals surface area contributed by atoms with E-state index < -0.39 is 0 Å². The summed E-state index contributed by atoms with van der Waals surface area (Å²) >= 11 is 0. The minimum absolute atomic E-state index is 0.591. The van der Waals surface area contributed by atoms with E-state index in [1.165, 1.54) is 21.5 Å². The molecule has 0 saturated carbocycles. The predicted octanol–water partition coefficient (Wildman–Crippen LogP) is 19.9. The van der Waals surface area contributed by atoms with Crippen LogP contribution < -0.4 is 0 Å². The van der Waals surface area contributed by atoms with E-state index in [1.54, 1.807) is 0 Å². The van der Waals surface area contributed by atoms with Gasteiger partial charge in [0.2, 0.25) is 0 Å². The van der Waals surface area contributed by atoms with Crippen molar-refractivity contribution in [1.82, 2.24) is 18.3 Å². The van der Waals surface area contributed by atoms with Crippen molar-refractivity contribution in [3.05, 3.63) is 301 Å². The molecule has 4 heterocycles. The van der Waals surface area contributed by atoms with Crippen LogP contribution in [0.2, 0.25) is 0 Å². The first-order valence-corrected chi connectivity index (χ1v) is 27.6. The number of hydrogen-bond donors (Lipinski definition) is 0. The summed E-state index contributed by atoms with van der Waals surface area (Å²) in [5.74, 6) is 0. The molecular formula is C76H44N8. The van der Waals surface area contributed by atoms with E-state index in [2.05, 4.69) is 222 Å². The molecular weight excluding hydrogens is 1020 g/mol. The van der Waals surface area contributed by atoms with Crippen molar-refractivity contribution in [1.29, 1.82) is 10.5 Å². The Kier molecular flexibility index (Phi) is 11.6. The fraction of sp³-hybridized carbons (Fsp3) is 0. The highest BCUT2D eigenvalue weighted by Crippen LogP contribution is 2.40. The number of rotatable bonds is 6. The molecule has 388 valence electrons. The number of benzene rings is 12. The van der Waals surface area contributed by atoms with Gasteiger partial charge in [-0.25, -0.2) is 9.69 Å². The molecule has 16 aromatic rings. The van der Waals surface area contributed by atoms with Gasteiger partial charge in [-0.1, -0.05) is 146 Å². The molecule has 0 aliphatic rings. The Morgan fingerprint density at radius 1 is 0.250 bits per heavy atom. The van der Waals surface area contributed by atoms with E-state index in [0.717, 1.165) is 111 Å². The molecule has 0 bridgehead atoms. The zero-order chi connectivity index (χ0) is 56.4. The molecule has 0 radical (unpaired) electrons. The van der Waals surface area contributed by atoms with Gasteiger partial charge in [0.25, 0.3) is 0 Å². The number of hydrogen-bond acceptors (Lipinski definition) is 2. The Hall–Kier alpha value is -12.2. The van der Waals surface area contributed by atoms with Crippen molar-refractivity contribution in [2.45, 2.75) is 0 Å². The molecule has 0 aliphatic heterocycles. The molecule has 16 rings (SSSR count). The van der Waals surface area contributed by atoms with Crippen molar-refractivity contribution in [2.75, 3.05) is 0 Å². The SMILES string of the molecule is [C-]#[N+]c1ccc2c(c1)c1ccccc1n2-c1cc(C#N)cc(-c2cccc(-n3c4ccccc4c4ccccc43)c2)c1.[C-]#[N+]c1ccc2c(c1)c1ccccc1n2-c1cccc(-c2cc(C#N)cc(-n3c4ccccc4c4ccccc43)c2)c1. The van der Waals surface area contributed by atoms with Crippen molar-refractivity contribution in [2.24, 2.45) is 0 Å². The van der Waals surface area contributed by atoms with E-state index in [0.29, 0.717) is 22.5 Å². The first-order valence-electron chi connectivity index (χ1n) is 27.6. The highest BCUT2D eigenvalue weighted by atomic mass is 15.0. The topological polar surface area (TPSA) is 76.0 Å². The second-order valence-corrected chi connectivity index (χ2v) is 20.9. The normalized spacial score (nSPS) is 11.3. The third kappa shape index (κ3) is 7.95. The van der Waals surface area contributed by atoms with Crippen LogP contribution in [-0.2, 0) is 0 Å². The van der Waals surface area contributed by atoms with Crippen LogP contribution in [0.25, 0.3) is 142 Å². The van der Waals surface area contributed by atoms with E-state index in [1.807, 2.05) is 84.9 Å². The van der Waals surface area contributed by atoms with Gasteiger partial charge >= 0.3 is 0 Å². The molecule has 0 amide bonds. The van der Waals surface area contributed by atoms with Gasteiger partial charge in [-0.2, -0.15) is 10.5 Å². The van der Waals surface area contributed by atoms with E-state index in [9.17, 15) is 10.5 Å². The van der Waals surface area contributed by atoms with Gasteiger partial charge < -0.3 is 18.3 Å². The Morgan fingerprint density at radius 2 is 0.536 bits per heavy atom. The van der Waals surface area contributed by atoms with Crippen LogP contribution in [0.4, 0.5) is 11.4 Å². The Labute approximate surface area is 482 Å². The maximum atomic E-state index is 10.1. The lowest BCUT2D eigenvalue weighted by atomic mass is 10.0. The first kappa shape index (κ1) is 48.9. The van der Waals surface area contributed by atoms with E-state index >= 15 is 0 Å². The van der Waals surface area contributed by atoms with Gasteiger partial charge in [-0.3, -0.25) is 0 Å². The summed E-state index contributed by atoms with van der Waals surface area (Å²) in [6.45, 7) is 15.0. The minimum atomic E-state index is 0.591. The lowest BCUT2D eigenvalue weighted by Crippen LogP contribution is -1.97. The third-order valence-electron chi connectivity index (χ3n) is 16.2. The molecule has 8 nitrogen and oxygen atoms in total. The molecule has 0 unspecified atom stereocenters. The highest BCUT2D eigenvalue weighted by Gasteiger charge is 2.19. The molecule has 0 atom stereocenters. The molecule has 4 aromatic heterocycles. The summed E-state index contributed by atoms with van der Waals surface area (Å²) in [5, 5.41) is 29.2. The predicted molar refractivity (Wildman–Crippen MR) is 343 cm³/mol. The zero-order valence-electron chi connectivity index (χ0n) is 45.0. The Balaban J connectivity index is 0.000000143. The van der Waals surface area contributed by atoms with Crippen LogP contribution in [0.1, 0.15) is 11.1 Å². The van der Waals surface area contributed by atoms with Gasteiger partial charge in [0.15, 0.2) is 11.4 Å². The van der Waals surface area contributed by atoms with E-state index in [-0.39, 0.29) is 0 Å². The largest absolute Gasteiger partial charge is 0.309 e. The summed E-state index contributed by atoms with van der Waals surface area (Å²) in [6.07, 6.45) is 0. The van der Waals surface area contributed by atoms with Crippen LogP contribution >= 0.6 is 0 Å². The summed E-state index contributed by atoms with van der Waals surface area (Å²) in [6, 6.07) is 96.0. The molecule has 0 N–H and O–H groups in total. The van der Waals surface area contributed by atoms with Gasteiger partial charge in [-0.05, 0) is 154 Å². The molecule has 12 aromatic carbocycles. The van der Waals surface area contributed by atoms with Crippen LogP contribution in [0.3, 0.4) is 0 Å². The second-order valence-electron chi connectivity index (χ2n) is 20.9. The summed E-state index contributed by atoms with van der Waals surface area (Å²) in [5.41, 5.74) is 19.1. The number of fused-ring (bicyclic) bond motifs is 12. The third-order valence-corrected chi connectivity index (χ3v) is 16.2. The second kappa shape index (κ2) is 19.9. The summed E-state index contributed by atoms with van der Waals surface area (Å²) < 4.78 is 9.01. The Bertz CT molecular complexity index is 5470. The van der Waals surface area contributed by atoms with Crippen molar-refractivity contribution >= 4 is 98.6 Å². The fourth-order valence-electron chi connectivity index (χ4n) is 12.6. The van der Waals surface area contributed by atoms with Crippen molar-refractivity contribution < 1.29 is 0 Å². The monoisotopic (exact) mass is 1070 g/mol. The fourth-order valence-corrected chi connectivity index (χ4v) is 12.6. The lowest BCUT2D eigenvalue weighted by Gasteiger charge is -2.13. The number of nitrogens with zero attached hydrogens (tertiary/aromatic N) is 8. The van der Waals surface area contributed by atoms with Crippen LogP contribution in [0.15, 0.2) is 267 Å². The standard InChI is InChI=1S/2C38H22N4/c1-40-28-17-18-38-34(23-28)33-13-4-7-16-37(33)41(38)29-10-8-9-26(21-29)27-19-25(24-39)20-30(22-27)42-35-14-5-2-11-31(35)32-12-3-6-15-36(32)42;1-40-28-17-18-38-34(23-28)33-13-4-7-16-37(33)42(38)30-20-25(24-39)19-27(22-30)26-9-8-10-29(21-26)41-35-14-5-2-11-31(35)32-12-3-6-15-36(32)41/h2*2-23H. The number of para-hydroxylation sites is 6. The van der Waals surface area contributed by atoms with Gasteiger partial charge in [0, 0.05) is 55.1 Å². The number of nitriles is 2. The molecule has 0 saturated heterocycles. The first-order chi connectivity index (χ1) is 41.5. The van der Waals surface area contributed by atoms with Crippen molar-refractivity contribution in [3.63, 3.8) is 0 Å².